The number of rotatable bonds is 4. The minimum absolute atomic E-state index is 0.784. The zero-order valence-electron chi connectivity index (χ0n) is 6.99. The van der Waals surface area contributed by atoms with E-state index in [1.807, 2.05) is 18.2 Å². The molecule has 0 radical (unpaired) electrons. The molecule has 0 aromatic carbocycles. The predicted molar refractivity (Wildman–Crippen MR) is 48.8 cm³/mol. The van der Waals surface area contributed by atoms with Gasteiger partial charge in [-0.15, -0.1) is 0 Å². The van der Waals surface area contributed by atoms with E-state index >= 15 is 0 Å². The molecule has 0 spiro atoms. The van der Waals surface area contributed by atoms with Crippen LogP contribution in [0.4, 0.5) is 0 Å². The van der Waals surface area contributed by atoms with E-state index < -0.39 is 0 Å². The molecule has 1 fully saturated rings. The number of furan rings is 1. The first-order chi connectivity index (χ1) is 5.95. The van der Waals surface area contributed by atoms with E-state index in [-0.39, 0.29) is 0 Å². The van der Waals surface area contributed by atoms with E-state index in [0.29, 0.717) is 0 Å². The average Bonchev–Trinajstić information content (AvgIpc) is 2.76. The molecule has 0 aliphatic heterocycles. The van der Waals surface area contributed by atoms with Crippen molar-refractivity contribution in [2.24, 2.45) is 0 Å². The molecule has 1 aliphatic carbocycles. The lowest BCUT2D eigenvalue weighted by Gasteiger charge is -1.93. The molecule has 0 atom stereocenters. The molecule has 1 saturated carbocycles. The minimum atomic E-state index is 0.784. The van der Waals surface area contributed by atoms with Gasteiger partial charge < -0.3 is 9.73 Å². The Balaban J connectivity index is 1.70. The molecule has 1 aliphatic rings. The fraction of sp³-hybridized carbons (Fsp3) is 0.400. The van der Waals surface area contributed by atoms with Crippen LogP contribution in [0, 0.1) is 0 Å². The molecule has 2 heteroatoms. The Morgan fingerprint density at radius 3 is 3.17 bits per heavy atom. The Kier molecular flexibility index (Phi) is 2.28. The monoisotopic (exact) mass is 163 g/mol. The summed E-state index contributed by atoms with van der Waals surface area (Å²) in [5, 5.41) is 3.39. The van der Waals surface area contributed by atoms with Crippen LogP contribution in [0.15, 0.2) is 28.9 Å². The van der Waals surface area contributed by atoms with Crippen molar-refractivity contribution in [3.05, 3.63) is 30.2 Å². The second-order valence-electron chi connectivity index (χ2n) is 3.10. The first kappa shape index (κ1) is 7.62. The maximum atomic E-state index is 5.14. The summed E-state index contributed by atoms with van der Waals surface area (Å²) in [6, 6.07) is 4.63. The van der Waals surface area contributed by atoms with Crippen LogP contribution >= 0.6 is 0 Å². The molecule has 2 rings (SSSR count). The van der Waals surface area contributed by atoms with Gasteiger partial charge in [-0.05, 0) is 31.1 Å². The van der Waals surface area contributed by atoms with Crippen molar-refractivity contribution < 1.29 is 4.42 Å². The van der Waals surface area contributed by atoms with Crippen LogP contribution in [0.2, 0.25) is 0 Å². The predicted octanol–water partition coefficient (Wildman–Crippen LogP) is 2.04. The fourth-order valence-corrected chi connectivity index (χ4v) is 1.08. The molecule has 1 aromatic heterocycles. The Labute approximate surface area is 72.3 Å². The van der Waals surface area contributed by atoms with E-state index in [1.165, 1.54) is 12.8 Å². The lowest BCUT2D eigenvalue weighted by Crippen LogP contribution is -2.15. The van der Waals surface area contributed by atoms with Gasteiger partial charge in [-0.2, -0.15) is 0 Å². The third-order valence-electron chi connectivity index (χ3n) is 1.93. The summed E-state index contributed by atoms with van der Waals surface area (Å²) < 4.78 is 5.14. The lowest BCUT2D eigenvalue weighted by molar-refractivity contribution is 0.556. The lowest BCUT2D eigenvalue weighted by atomic mass is 10.4. The third-order valence-corrected chi connectivity index (χ3v) is 1.93. The van der Waals surface area contributed by atoms with Gasteiger partial charge in [0.25, 0.3) is 0 Å². The standard InChI is InChI=1S/C10H13NO/c1(7-11-9-5-6-9)3-10-4-2-8-12-10/h1-4,8-9,11H,5-7H2. The third kappa shape index (κ3) is 2.24. The van der Waals surface area contributed by atoms with Gasteiger partial charge >= 0.3 is 0 Å². The van der Waals surface area contributed by atoms with E-state index in [2.05, 4.69) is 11.4 Å². The summed E-state index contributed by atoms with van der Waals surface area (Å²) in [6.45, 7) is 0.950. The van der Waals surface area contributed by atoms with Crippen molar-refractivity contribution in [3.63, 3.8) is 0 Å². The van der Waals surface area contributed by atoms with E-state index in [9.17, 15) is 0 Å². The van der Waals surface area contributed by atoms with Crippen LogP contribution in [0.25, 0.3) is 6.08 Å². The molecule has 0 saturated heterocycles. The largest absolute Gasteiger partial charge is 0.465 e. The first-order valence-corrected chi connectivity index (χ1v) is 4.38. The van der Waals surface area contributed by atoms with Crippen LogP contribution < -0.4 is 5.32 Å². The van der Waals surface area contributed by atoms with Gasteiger partial charge in [0.05, 0.1) is 6.26 Å². The Morgan fingerprint density at radius 1 is 1.58 bits per heavy atom. The van der Waals surface area contributed by atoms with Crippen molar-refractivity contribution in [2.45, 2.75) is 18.9 Å². The van der Waals surface area contributed by atoms with Crippen molar-refractivity contribution >= 4 is 6.08 Å². The molecule has 12 heavy (non-hydrogen) atoms. The zero-order valence-corrected chi connectivity index (χ0v) is 6.99. The molecule has 1 N–H and O–H groups in total. The summed E-state index contributed by atoms with van der Waals surface area (Å²) in [4.78, 5) is 0. The molecule has 0 amide bonds. The van der Waals surface area contributed by atoms with E-state index in [1.54, 1.807) is 6.26 Å². The molecule has 64 valence electrons. The molecule has 1 heterocycles. The Morgan fingerprint density at radius 2 is 2.50 bits per heavy atom. The van der Waals surface area contributed by atoms with Crippen molar-refractivity contribution in [1.29, 1.82) is 0 Å². The minimum Gasteiger partial charge on any atom is -0.465 e. The van der Waals surface area contributed by atoms with Gasteiger partial charge in [0, 0.05) is 12.6 Å². The van der Waals surface area contributed by atoms with Gasteiger partial charge in [0.2, 0.25) is 0 Å². The maximum absolute atomic E-state index is 5.14. The molecule has 0 bridgehead atoms. The van der Waals surface area contributed by atoms with Gasteiger partial charge in [-0.1, -0.05) is 6.08 Å². The smallest absolute Gasteiger partial charge is 0.126 e. The summed E-state index contributed by atoms with van der Waals surface area (Å²) in [5.74, 6) is 0.924. The van der Waals surface area contributed by atoms with Gasteiger partial charge in [0.1, 0.15) is 5.76 Å². The fourth-order valence-electron chi connectivity index (χ4n) is 1.08. The van der Waals surface area contributed by atoms with Crippen LogP contribution in [-0.4, -0.2) is 12.6 Å². The molecular formula is C10H13NO. The highest BCUT2D eigenvalue weighted by atomic mass is 16.3. The number of hydrogen-bond donors (Lipinski definition) is 1. The van der Waals surface area contributed by atoms with Crippen LogP contribution in [0.3, 0.4) is 0 Å². The van der Waals surface area contributed by atoms with Crippen LogP contribution in [0.5, 0.6) is 0 Å². The van der Waals surface area contributed by atoms with Gasteiger partial charge in [0.15, 0.2) is 0 Å². The zero-order chi connectivity index (χ0) is 8.23. The van der Waals surface area contributed by atoms with Crippen molar-refractivity contribution in [1.82, 2.24) is 5.32 Å². The normalized spacial score (nSPS) is 17.3. The first-order valence-electron chi connectivity index (χ1n) is 4.38. The SMILES string of the molecule is C(=Cc1ccco1)CNC1CC1. The Bertz CT molecular complexity index is 247. The topological polar surface area (TPSA) is 25.2 Å². The second-order valence-corrected chi connectivity index (χ2v) is 3.10. The van der Waals surface area contributed by atoms with Crippen LogP contribution in [0.1, 0.15) is 18.6 Å². The Hall–Kier alpha value is -1.02. The summed E-state index contributed by atoms with van der Waals surface area (Å²) in [7, 11) is 0. The van der Waals surface area contributed by atoms with Gasteiger partial charge in [-0.3, -0.25) is 0 Å². The highest BCUT2D eigenvalue weighted by Crippen LogP contribution is 2.18. The highest BCUT2D eigenvalue weighted by Gasteiger charge is 2.18. The van der Waals surface area contributed by atoms with Crippen LogP contribution in [-0.2, 0) is 0 Å². The second kappa shape index (κ2) is 3.59. The summed E-state index contributed by atoms with van der Waals surface area (Å²) >= 11 is 0. The molecular weight excluding hydrogens is 150 g/mol. The number of hydrogen-bond acceptors (Lipinski definition) is 2. The summed E-state index contributed by atoms with van der Waals surface area (Å²) in [5.41, 5.74) is 0. The van der Waals surface area contributed by atoms with Crippen molar-refractivity contribution in [2.75, 3.05) is 6.54 Å². The average molecular weight is 163 g/mol. The van der Waals surface area contributed by atoms with Crippen molar-refractivity contribution in [3.8, 4) is 0 Å². The highest BCUT2D eigenvalue weighted by molar-refractivity contribution is 5.42. The van der Waals surface area contributed by atoms with E-state index in [4.69, 9.17) is 4.42 Å². The van der Waals surface area contributed by atoms with E-state index in [0.717, 1.165) is 18.3 Å². The summed E-state index contributed by atoms with van der Waals surface area (Å²) in [6.07, 6.45) is 8.46. The van der Waals surface area contributed by atoms with Gasteiger partial charge in [-0.25, -0.2) is 0 Å². The molecule has 0 unspecified atom stereocenters. The molecule has 1 aromatic rings. The number of nitrogens with one attached hydrogen (secondary N) is 1. The quantitative estimate of drug-likeness (QED) is 0.734. The molecule has 2 nitrogen and oxygen atoms in total. The maximum Gasteiger partial charge on any atom is 0.126 e.